The van der Waals surface area contributed by atoms with Crippen LogP contribution in [0.3, 0.4) is 0 Å². The Labute approximate surface area is 333 Å². The highest BCUT2D eigenvalue weighted by Gasteiger charge is 2.52. The van der Waals surface area contributed by atoms with E-state index in [9.17, 15) is 0 Å². The minimum Gasteiger partial charge on any atom is -0.399 e. The first-order valence-electron chi connectivity index (χ1n) is 18.1. The number of ether oxygens (including phenoxy) is 2. The fourth-order valence-electron chi connectivity index (χ4n) is 6.22. The van der Waals surface area contributed by atoms with Gasteiger partial charge in [-0.25, -0.2) is 19.3 Å². The molecule has 3 aliphatic heterocycles. The number of rotatable bonds is 4. The zero-order chi connectivity index (χ0) is 37.9. The van der Waals surface area contributed by atoms with Gasteiger partial charge in [-0.3, -0.25) is 9.97 Å². The number of hydrogen-bond acceptors (Lipinski definition) is 10. The van der Waals surface area contributed by atoms with Crippen molar-refractivity contribution in [1.82, 2.24) is 39.5 Å². The highest BCUT2D eigenvalue weighted by atomic mass is 79.9. The molecule has 2 unspecified atom stereocenters. The number of fused-ring (bicyclic) bond motifs is 2. The maximum absolute atomic E-state index is 6.03. The number of halogens is 3. The van der Waals surface area contributed by atoms with Gasteiger partial charge in [-0.2, -0.15) is 10.2 Å². The van der Waals surface area contributed by atoms with Crippen LogP contribution in [0.4, 0.5) is 0 Å². The Morgan fingerprint density at radius 1 is 0.667 bits per heavy atom. The molecule has 6 aromatic rings. The first-order chi connectivity index (χ1) is 25.9. The van der Waals surface area contributed by atoms with E-state index >= 15 is 0 Å². The molecule has 0 aromatic carbocycles. The van der Waals surface area contributed by atoms with Crippen molar-refractivity contribution in [3.05, 3.63) is 88.4 Å². The van der Waals surface area contributed by atoms with Gasteiger partial charge in [-0.1, -0.05) is 23.2 Å². The molecule has 54 heavy (non-hydrogen) atoms. The third-order valence-electron chi connectivity index (χ3n) is 9.96. The largest absolute Gasteiger partial charge is 0.498 e. The van der Waals surface area contributed by atoms with Crippen molar-refractivity contribution in [1.29, 1.82) is 0 Å². The summed E-state index contributed by atoms with van der Waals surface area (Å²) in [7, 11) is -0.350. The maximum Gasteiger partial charge on any atom is 0.498 e. The molecule has 9 heterocycles. The Morgan fingerprint density at radius 2 is 1.22 bits per heavy atom. The molecule has 0 N–H and O–H groups in total. The Kier molecular flexibility index (Phi) is 12.0. The summed E-state index contributed by atoms with van der Waals surface area (Å²) >= 11 is 15.0. The summed E-state index contributed by atoms with van der Waals surface area (Å²) in [5, 5.41) is 9.80. The summed E-state index contributed by atoms with van der Waals surface area (Å²) in [6.07, 6.45) is 18.0. The molecule has 6 aromatic heterocycles. The quantitative estimate of drug-likeness (QED) is 0.126. The second kappa shape index (κ2) is 16.7. The lowest BCUT2D eigenvalue weighted by molar-refractivity contribution is -0.0395. The highest BCUT2D eigenvalue weighted by Crippen LogP contribution is 2.36. The SMILES string of the molecule is CC1(C)OB(c2cnn(C3CCCCO3)c2)OC1(C)C.Clc1ccc2ncc(-c3cnn(C4CCCCO4)c3)cc2n1.Clc1ccc2ncc(Br)cc2n1. The lowest BCUT2D eigenvalue weighted by atomic mass is 9.82. The van der Waals surface area contributed by atoms with Gasteiger partial charge in [0.05, 0.1) is 39.5 Å². The summed E-state index contributed by atoms with van der Waals surface area (Å²) in [4.78, 5) is 17.0. The van der Waals surface area contributed by atoms with Crippen LogP contribution >= 0.6 is 39.1 Å². The summed E-state index contributed by atoms with van der Waals surface area (Å²) in [5.41, 5.74) is 5.57. The van der Waals surface area contributed by atoms with Crippen molar-refractivity contribution in [2.45, 2.75) is 89.9 Å². The number of nitrogens with zero attached hydrogens (tertiary/aromatic N) is 8. The third kappa shape index (κ3) is 9.13. The molecular weight excluding hydrogens is 794 g/mol. The van der Waals surface area contributed by atoms with E-state index in [0.29, 0.717) is 10.3 Å². The van der Waals surface area contributed by atoms with Gasteiger partial charge in [0.25, 0.3) is 0 Å². The number of hydrogen-bond donors (Lipinski definition) is 0. The molecule has 0 aliphatic carbocycles. The van der Waals surface area contributed by atoms with Gasteiger partial charge >= 0.3 is 7.12 Å². The van der Waals surface area contributed by atoms with Crippen molar-refractivity contribution < 1.29 is 18.8 Å². The lowest BCUT2D eigenvalue weighted by Gasteiger charge is -2.32. The predicted molar refractivity (Wildman–Crippen MR) is 214 cm³/mol. The second-order valence-electron chi connectivity index (χ2n) is 14.4. The van der Waals surface area contributed by atoms with E-state index in [-0.39, 0.29) is 30.8 Å². The zero-order valence-electron chi connectivity index (χ0n) is 30.7. The van der Waals surface area contributed by atoms with E-state index in [0.717, 1.165) is 82.0 Å². The Hall–Kier alpha value is -3.50. The van der Waals surface area contributed by atoms with Crippen molar-refractivity contribution in [2.24, 2.45) is 0 Å². The Balaban J connectivity index is 0.000000130. The predicted octanol–water partition coefficient (Wildman–Crippen LogP) is 8.77. The number of aromatic nitrogens is 8. The van der Waals surface area contributed by atoms with E-state index in [4.69, 9.17) is 42.0 Å². The first-order valence-corrected chi connectivity index (χ1v) is 19.7. The van der Waals surface area contributed by atoms with E-state index in [1.165, 1.54) is 12.8 Å². The molecule has 0 spiro atoms. The molecule has 0 radical (unpaired) electrons. The molecular formula is C38H42BBrCl2N8O4. The van der Waals surface area contributed by atoms with Crippen LogP contribution in [0.15, 0.2) is 78.1 Å². The molecule has 282 valence electrons. The van der Waals surface area contributed by atoms with E-state index in [1.54, 1.807) is 18.3 Å². The molecule has 0 amide bonds. The molecule has 2 atom stereocenters. The van der Waals surface area contributed by atoms with Crippen LogP contribution in [0.5, 0.6) is 0 Å². The van der Waals surface area contributed by atoms with Gasteiger partial charge in [0.15, 0.2) is 0 Å². The maximum atomic E-state index is 6.03. The molecule has 3 aliphatic rings. The Bertz CT molecular complexity index is 2150. The van der Waals surface area contributed by atoms with E-state index in [2.05, 4.69) is 73.8 Å². The van der Waals surface area contributed by atoms with Gasteiger partial charge in [-0.05, 0) is 119 Å². The highest BCUT2D eigenvalue weighted by molar-refractivity contribution is 9.10. The average Bonchev–Trinajstić information content (AvgIpc) is 3.91. The van der Waals surface area contributed by atoms with Gasteiger partial charge in [0.2, 0.25) is 0 Å². The summed E-state index contributed by atoms with van der Waals surface area (Å²) in [6.45, 7) is 9.85. The van der Waals surface area contributed by atoms with Crippen molar-refractivity contribution in [3.8, 4) is 11.1 Å². The molecule has 12 nitrogen and oxygen atoms in total. The number of pyridine rings is 4. The lowest BCUT2D eigenvalue weighted by Crippen LogP contribution is -2.41. The molecule has 3 fully saturated rings. The smallest absolute Gasteiger partial charge is 0.399 e. The van der Waals surface area contributed by atoms with Crippen molar-refractivity contribution in [2.75, 3.05) is 13.2 Å². The molecule has 3 saturated heterocycles. The van der Waals surface area contributed by atoms with Crippen LogP contribution in [0.1, 0.15) is 78.7 Å². The minimum absolute atomic E-state index is 0.0449. The topological polar surface area (TPSA) is 124 Å². The second-order valence-corrected chi connectivity index (χ2v) is 16.1. The van der Waals surface area contributed by atoms with Crippen LogP contribution in [0, 0.1) is 0 Å². The van der Waals surface area contributed by atoms with Crippen LogP contribution in [-0.4, -0.2) is 71.0 Å². The van der Waals surface area contributed by atoms with Crippen LogP contribution in [-0.2, 0) is 18.8 Å². The van der Waals surface area contributed by atoms with Crippen LogP contribution in [0.25, 0.3) is 33.2 Å². The van der Waals surface area contributed by atoms with Crippen LogP contribution in [0.2, 0.25) is 10.3 Å². The monoisotopic (exact) mass is 834 g/mol. The van der Waals surface area contributed by atoms with Crippen molar-refractivity contribution >= 4 is 73.8 Å². The van der Waals surface area contributed by atoms with E-state index < -0.39 is 0 Å². The van der Waals surface area contributed by atoms with Crippen molar-refractivity contribution in [3.63, 3.8) is 0 Å². The minimum atomic E-state index is -0.350. The third-order valence-corrected chi connectivity index (χ3v) is 10.8. The summed E-state index contributed by atoms with van der Waals surface area (Å²) < 4.78 is 28.3. The molecule has 0 saturated carbocycles. The van der Waals surface area contributed by atoms with Crippen LogP contribution < -0.4 is 5.46 Å². The average molecular weight is 836 g/mol. The normalized spacial score (nSPS) is 20.6. The standard InChI is InChI=1S/C16H15ClN4O.C14H23BN2O3.C8H4BrClN2/c17-15-5-4-13-14(20-15)7-11(8-18-13)12-9-19-21(10-12)16-3-1-2-6-22-16;1-13(2)14(3,4)20-15(19-13)11-9-16-17(10-11)12-7-5-6-8-18-12;9-5-3-7-6(11-4-5)1-2-8(10)12-7/h4-5,7-10,16H,1-3,6H2;9-10,12H,5-8H2,1-4H3;1-4H. The fourth-order valence-corrected chi connectivity index (χ4v) is 6.84. The van der Waals surface area contributed by atoms with Gasteiger partial charge in [0.1, 0.15) is 22.8 Å². The summed E-state index contributed by atoms with van der Waals surface area (Å²) in [6, 6.07) is 11.1. The van der Waals surface area contributed by atoms with Gasteiger partial charge < -0.3 is 18.8 Å². The molecule has 9 rings (SSSR count). The summed E-state index contributed by atoms with van der Waals surface area (Å²) in [5.74, 6) is 0. The fraction of sp³-hybridized carbons (Fsp3) is 0.421. The Morgan fingerprint density at radius 3 is 1.81 bits per heavy atom. The first kappa shape index (κ1) is 38.8. The van der Waals surface area contributed by atoms with E-state index in [1.807, 2.05) is 64.6 Å². The zero-order valence-corrected chi connectivity index (χ0v) is 33.8. The molecule has 0 bridgehead atoms. The molecule has 16 heteroatoms. The van der Waals surface area contributed by atoms with Gasteiger partial charge in [0, 0.05) is 65.3 Å². The van der Waals surface area contributed by atoms with Gasteiger partial charge in [-0.15, -0.1) is 0 Å².